The number of rotatable bonds is 4. The van der Waals surface area contributed by atoms with Crippen molar-refractivity contribution in [1.82, 2.24) is 4.90 Å². The average Bonchev–Trinajstić information content (AvgIpc) is 2.38. The van der Waals surface area contributed by atoms with Gasteiger partial charge in [-0.1, -0.05) is 6.07 Å². The molecule has 0 aliphatic rings. The molecule has 0 fully saturated rings. The maximum Gasteiger partial charge on any atom is 0.253 e. The number of nitrogens with one attached hydrogen (secondary N) is 1. The van der Waals surface area contributed by atoms with Crippen LogP contribution in [-0.4, -0.2) is 36.9 Å². The van der Waals surface area contributed by atoms with Crippen molar-refractivity contribution in [3.8, 4) is 12.3 Å². The first-order valence-electron chi connectivity index (χ1n) is 5.77. The predicted octanol–water partition coefficient (Wildman–Crippen LogP) is 0.677. The van der Waals surface area contributed by atoms with Crippen LogP contribution in [0.25, 0.3) is 0 Å². The first-order valence-corrected chi connectivity index (χ1v) is 5.77. The summed E-state index contributed by atoms with van der Waals surface area (Å²) in [4.78, 5) is 24.9. The van der Waals surface area contributed by atoms with Crippen molar-refractivity contribution >= 4 is 17.5 Å². The van der Waals surface area contributed by atoms with Crippen molar-refractivity contribution in [1.29, 1.82) is 0 Å². The molecule has 3 N–H and O–H groups in total. The van der Waals surface area contributed by atoms with Crippen molar-refractivity contribution in [2.24, 2.45) is 5.73 Å². The molecule has 0 radical (unpaired) electrons. The van der Waals surface area contributed by atoms with Crippen molar-refractivity contribution < 1.29 is 9.59 Å². The zero-order valence-corrected chi connectivity index (χ0v) is 11.0. The molecule has 1 atom stereocenters. The summed E-state index contributed by atoms with van der Waals surface area (Å²) in [5, 5.41) is 2.63. The Kier molecular flexibility index (Phi) is 5.10. The molecule has 1 aromatic carbocycles. The third kappa shape index (κ3) is 4.12. The molecule has 0 spiro atoms. The Morgan fingerprint density at radius 2 is 2.16 bits per heavy atom. The monoisotopic (exact) mass is 259 g/mol. The number of hydrogen-bond acceptors (Lipinski definition) is 3. The van der Waals surface area contributed by atoms with Gasteiger partial charge in [-0.2, -0.15) is 0 Å². The number of carbonyl (C=O) groups is 2. The van der Waals surface area contributed by atoms with Crippen LogP contribution in [0.4, 0.5) is 5.69 Å². The van der Waals surface area contributed by atoms with Crippen LogP contribution in [0, 0.1) is 12.3 Å². The summed E-state index contributed by atoms with van der Waals surface area (Å²) in [5.41, 5.74) is 6.60. The smallest absolute Gasteiger partial charge is 0.253 e. The van der Waals surface area contributed by atoms with Crippen molar-refractivity contribution in [3.63, 3.8) is 0 Å². The van der Waals surface area contributed by atoms with E-state index >= 15 is 0 Å². The molecule has 0 saturated carbocycles. The molecule has 2 amide bonds. The van der Waals surface area contributed by atoms with E-state index in [2.05, 4.69) is 11.2 Å². The maximum absolute atomic E-state index is 11.8. The number of benzene rings is 1. The van der Waals surface area contributed by atoms with Crippen LogP contribution in [0.15, 0.2) is 24.3 Å². The lowest BCUT2D eigenvalue weighted by Crippen LogP contribution is -2.35. The van der Waals surface area contributed by atoms with Gasteiger partial charge in [0.2, 0.25) is 5.91 Å². The molecule has 0 bridgehead atoms. The molecule has 1 aromatic rings. The molecule has 5 heteroatoms. The number of terminal acetylenes is 1. The number of anilines is 1. The summed E-state index contributed by atoms with van der Waals surface area (Å²) in [5.74, 6) is 1.83. The standard InChI is InChI=1S/C14H17N3O2/c1-4-6-12(15)13(18)16-11-8-5-7-10(9-11)14(19)17(2)3/h1,5,7-9,12H,6,15H2,2-3H3,(H,16,18). The summed E-state index contributed by atoms with van der Waals surface area (Å²) >= 11 is 0. The van der Waals surface area contributed by atoms with Crippen LogP contribution >= 0.6 is 0 Å². The van der Waals surface area contributed by atoms with Crippen molar-refractivity contribution in [2.45, 2.75) is 12.5 Å². The Hall–Kier alpha value is -2.32. The molecule has 0 saturated heterocycles. The number of nitrogens with two attached hydrogens (primary N) is 1. The fourth-order valence-corrected chi connectivity index (χ4v) is 1.44. The Labute approximate surface area is 112 Å². The third-order valence-corrected chi connectivity index (χ3v) is 2.46. The molecular weight excluding hydrogens is 242 g/mol. The SMILES string of the molecule is C#CCC(N)C(=O)Nc1cccc(C(=O)N(C)C)c1. The summed E-state index contributed by atoms with van der Waals surface area (Å²) < 4.78 is 0. The lowest BCUT2D eigenvalue weighted by molar-refractivity contribution is -0.117. The second-order valence-electron chi connectivity index (χ2n) is 4.28. The van der Waals surface area contributed by atoms with Gasteiger partial charge < -0.3 is 16.0 Å². The highest BCUT2D eigenvalue weighted by atomic mass is 16.2. The Bertz CT molecular complexity index is 518. The van der Waals surface area contributed by atoms with Gasteiger partial charge in [-0.25, -0.2) is 0 Å². The molecule has 1 unspecified atom stereocenters. The summed E-state index contributed by atoms with van der Waals surface area (Å²) in [6.07, 6.45) is 5.27. The molecule has 0 aliphatic carbocycles. The van der Waals surface area contributed by atoms with Crippen LogP contribution in [-0.2, 0) is 4.79 Å². The van der Waals surface area contributed by atoms with Gasteiger partial charge in [0.15, 0.2) is 0 Å². The number of amides is 2. The Morgan fingerprint density at radius 3 is 2.74 bits per heavy atom. The average molecular weight is 259 g/mol. The highest BCUT2D eigenvalue weighted by Crippen LogP contribution is 2.12. The topological polar surface area (TPSA) is 75.4 Å². The quantitative estimate of drug-likeness (QED) is 0.781. The van der Waals surface area contributed by atoms with E-state index in [1.54, 1.807) is 38.4 Å². The first-order chi connectivity index (χ1) is 8.95. The predicted molar refractivity (Wildman–Crippen MR) is 74.5 cm³/mol. The van der Waals surface area contributed by atoms with E-state index in [9.17, 15) is 9.59 Å². The molecular formula is C14H17N3O2. The largest absolute Gasteiger partial charge is 0.345 e. The van der Waals surface area contributed by atoms with Crippen molar-refractivity contribution in [3.05, 3.63) is 29.8 Å². The Balaban J connectivity index is 2.81. The maximum atomic E-state index is 11.8. The van der Waals surface area contributed by atoms with Crippen LogP contribution in [0.3, 0.4) is 0 Å². The lowest BCUT2D eigenvalue weighted by Gasteiger charge is -2.13. The highest BCUT2D eigenvalue weighted by Gasteiger charge is 2.13. The minimum atomic E-state index is -0.752. The third-order valence-electron chi connectivity index (χ3n) is 2.46. The first kappa shape index (κ1) is 14.7. The fourth-order valence-electron chi connectivity index (χ4n) is 1.44. The highest BCUT2D eigenvalue weighted by molar-refractivity contribution is 5.98. The van der Waals surface area contributed by atoms with E-state index in [4.69, 9.17) is 12.2 Å². The van der Waals surface area contributed by atoms with E-state index in [1.165, 1.54) is 4.90 Å². The van der Waals surface area contributed by atoms with Crippen LogP contribution in [0.1, 0.15) is 16.8 Å². The molecule has 0 heterocycles. The minimum absolute atomic E-state index is 0.135. The second kappa shape index (κ2) is 6.57. The number of nitrogens with zero attached hydrogens (tertiary/aromatic N) is 1. The van der Waals surface area contributed by atoms with Gasteiger partial charge in [0.25, 0.3) is 5.91 Å². The van der Waals surface area contributed by atoms with E-state index in [1.807, 2.05) is 0 Å². The zero-order valence-electron chi connectivity index (χ0n) is 11.0. The molecule has 100 valence electrons. The van der Waals surface area contributed by atoms with Gasteiger partial charge in [-0.05, 0) is 18.2 Å². The molecule has 5 nitrogen and oxygen atoms in total. The minimum Gasteiger partial charge on any atom is -0.345 e. The normalized spacial score (nSPS) is 11.3. The zero-order chi connectivity index (χ0) is 14.4. The van der Waals surface area contributed by atoms with E-state index < -0.39 is 6.04 Å². The van der Waals surface area contributed by atoms with Crippen LogP contribution < -0.4 is 11.1 Å². The van der Waals surface area contributed by atoms with Gasteiger partial charge in [-0.3, -0.25) is 9.59 Å². The number of hydrogen-bond donors (Lipinski definition) is 2. The van der Waals surface area contributed by atoms with Gasteiger partial charge >= 0.3 is 0 Å². The van der Waals surface area contributed by atoms with E-state index in [0.717, 1.165) is 0 Å². The lowest BCUT2D eigenvalue weighted by atomic mass is 10.1. The molecule has 19 heavy (non-hydrogen) atoms. The van der Waals surface area contributed by atoms with Gasteiger partial charge in [0.05, 0.1) is 6.04 Å². The van der Waals surface area contributed by atoms with Crippen LogP contribution in [0.5, 0.6) is 0 Å². The molecule has 1 rings (SSSR count). The van der Waals surface area contributed by atoms with E-state index in [-0.39, 0.29) is 18.2 Å². The summed E-state index contributed by atoms with van der Waals surface area (Å²) in [7, 11) is 3.33. The summed E-state index contributed by atoms with van der Waals surface area (Å²) in [6, 6.07) is 5.91. The van der Waals surface area contributed by atoms with E-state index in [0.29, 0.717) is 11.3 Å². The second-order valence-corrected chi connectivity index (χ2v) is 4.28. The van der Waals surface area contributed by atoms with Gasteiger partial charge in [0, 0.05) is 31.8 Å². The summed E-state index contributed by atoms with van der Waals surface area (Å²) in [6.45, 7) is 0. The Morgan fingerprint density at radius 1 is 1.47 bits per heavy atom. The number of carbonyl (C=O) groups excluding carboxylic acids is 2. The molecule has 0 aromatic heterocycles. The van der Waals surface area contributed by atoms with Gasteiger partial charge in [-0.15, -0.1) is 12.3 Å². The van der Waals surface area contributed by atoms with Crippen LogP contribution in [0.2, 0.25) is 0 Å². The van der Waals surface area contributed by atoms with Gasteiger partial charge in [0.1, 0.15) is 0 Å². The molecule has 0 aliphatic heterocycles. The van der Waals surface area contributed by atoms with Crippen molar-refractivity contribution in [2.75, 3.05) is 19.4 Å². The fraction of sp³-hybridized carbons (Fsp3) is 0.286.